The highest BCUT2D eigenvalue weighted by Gasteiger charge is 2.33. The average molecular weight is 336 g/mol. The van der Waals surface area contributed by atoms with Crippen LogP contribution in [0.15, 0.2) is 24.3 Å². The maximum absolute atomic E-state index is 11.9. The van der Waals surface area contributed by atoms with Gasteiger partial charge in [0.1, 0.15) is 0 Å². The van der Waals surface area contributed by atoms with Crippen LogP contribution in [-0.2, 0) is 9.59 Å². The Bertz CT molecular complexity index is 596. The molecule has 1 aromatic carbocycles. The topological polar surface area (TPSA) is 61.4 Å². The Balaban J connectivity index is 0.00000156. The number of imide groups is 1. The fourth-order valence-corrected chi connectivity index (χ4v) is 3.93. The first-order valence-corrected chi connectivity index (χ1v) is 8.14. The van der Waals surface area contributed by atoms with E-state index >= 15 is 0 Å². The van der Waals surface area contributed by atoms with Crippen LogP contribution in [-0.4, -0.2) is 37.0 Å². The predicted octanol–water partition coefficient (Wildman–Crippen LogP) is 1.57. The summed E-state index contributed by atoms with van der Waals surface area (Å²) in [7, 11) is 0. The summed E-state index contributed by atoms with van der Waals surface area (Å²) in [5.74, 6) is -0.508. The summed E-state index contributed by atoms with van der Waals surface area (Å²) in [6.07, 6.45) is 3.57. The number of hydrogen-bond donors (Lipinski definition) is 2. The summed E-state index contributed by atoms with van der Waals surface area (Å²) in [6, 6.07) is 9.54. The zero-order chi connectivity index (χ0) is 15.1. The third-order valence-corrected chi connectivity index (χ3v) is 5.21. The van der Waals surface area contributed by atoms with Crippen LogP contribution in [0.5, 0.6) is 0 Å². The van der Waals surface area contributed by atoms with Crippen LogP contribution >= 0.6 is 12.4 Å². The number of anilines is 1. The molecule has 1 aromatic rings. The van der Waals surface area contributed by atoms with E-state index < -0.39 is 0 Å². The van der Waals surface area contributed by atoms with Crippen molar-refractivity contribution in [1.82, 2.24) is 10.6 Å². The molecule has 0 aromatic heterocycles. The van der Waals surface area contributed by atoms with Crippen molar-refractivity contribution in [2.45, 2.75) is 43.7 Å². The van der Waals surface area contributed by atoms with E-state index in [1.165, 1.54) is 18.5 Å². The van der Waals surface area contributed by atoms with Crippen molar-refractivity contribution in [3.63, 3.8) is 0 Å². The van der Waals surface area contributed by atoms with E-state index in [2.05, 4.69) is 27.7 Å². The smallest absolute Gasteiger partial charge is 0.234 e. The van der Waals surface area contributed by atoms with Crippen molar-refractivity contribution in [3.8, 4) is 0 Å². The highest BCUT2D eigenvalue weighted by molar-refractivity contribution is 6.00. The molecule has 0 saturated carbocycles. The minimum absolute atomic E-state index is 0. The van der Waals surface area contributed by atoms with Gasteiger partial charge in [0.15, 0.2) is 0 Å². The Morgan fingerprint density at radius 3 is 2.39 bits per heavy atom. The third kappa shape index (κ3) is 3.08. The van der Waals surface area contributed by atoms with Crippen LogP contribution < -0.4 is 15.5 Å². The number of halogens is 1. The average Bonchev–Trinajstić information content (AvgIpc) is 2.56. The number of fused-ring (bicyclic) bond motifs is 3. The summed E-state index contributed by atoms with van der Waals surface area (Å²) in [4.78, 5) is 25.7. The lowest BCUT2D eigenvalue weighted by molar-refractivity contribution is -0.134. The fraction of sp³-hybridized carbons (Fsp3) is 0.529. The molecule has 2 N–H and O–H groups in total. The minimum Gasteiger partial charge on any atom is -0.366 e. The lowest BCUT2D eigenvalue weighted by Crippen LogP contribution is -2.61. The number of carbonyl (C=O) groups is 2. The zero-order valence-electron chi connectivity index (χ0n) is 13.0. The van der Waals surface area contributed by atoms with E-state index in [1.54, 1.807) is 0 Å². The van der Waals surface area contributed by atoms with E-state index in [-0.39, 0.29) is 30.1 Å². The summed E-state index contributed by atoms with van der Waals surface area (Å²) in [6.45, 7) is 2.14. The molecule has 3 unspecified atom stereocenters. The van der Waals surface area contributed by atoms with E-state index in [9.17, 15) is 9.59 Å². The third-order valence-electron chi connectivity index (χ3n) is 5.21. The lowest BCUT2D eigenvalue weighted by Gasteiger charge is -2.47. The van der Waals surface area contributed by atoms with Gasteiger partial charge in [0.2, 0.25) is 11.8 Å². The van der Waals surface area contributed by atoms with Gasteiger partial charge in [0.05, 0.1) is 5.92 Å². The van der Waals surface area contributed by atoms with E-state index in [0.717, 1.165) is 18.7 Å². The Kier molecular flexibility index (Phi) is 4.60. The van der Waals surface area contributed by atoms with Crippen molar-refractivity contribution < 1.29 is 9.59 Å². The standard InChI is InChI=1S/C17H21N3O2.ClH/c21-16-8-7-15(17(22)19-16)11-1-4-13(5-2-11)20-10-12-3-6-14(20)9-18-12;/h1-2,4-5,12,14-15,18H,3,6-10H2,(H,19,21,22);1H. The Morgan fingerprint density at radius 2 is 1.83 bits per heavy atom. The van der Waals surface area contributed by atoms with Crippen LogP contribution in [0.3, 0.4) is 0 Å². The molecule has 4 aliphatic rings. The summed E-state index contributed by atoms with van der Waals surface area (Å²) < 4.78 is 0. The lowest BCUT2D eigenvalue weighted by atomic mass is 9.89. The molecule has 5 rings (SSSR count). The Labute approximate surface area is 142 Å². The molecule has 3 atom stereocenters. The zero-order valence-corrected chi connectivity index (χ0v) is 13.8. The molecule has 6 heteroatoms. The minimum atomic E-state index is -0.189. The molecule has 4 heterocycles. The second-order valence-electron chi connectivity index (χ2n) is 6.58. The van der Waals surface area contributed by atoms with E-state index in [4.69, 9.17) is 0 Å². The molecular weight excluding hydrogens is 314 g/mol. The van der Waals surface area contributed by atoms with Gasteiger partial charge in [0, 0.05) is 37.3 Å². The number of hydrogen-bond acceptors (Lipinski definition) is 4. The summed E-state index contributed by atoms with van der Waals surface area (Å²) in [5.41, 5.74) is 2.25. The number of carbonyl (C=O) groups excluding carboxylic acids is 2. The van der Waals surface area contributed by atoms with Gasteiger partial charge in [-0.15, -0.1) is 12.4 Å². The predicted molar refractivity (Wildman–Crippen MR) is 91.0 cm³/mol. The molecule has 4 fully saturated rings. The first-order valence-electron chi connectivity index (χ1n) is 8.14. The van der Waals surface area contributed by atoms with Gasteiger partial charge in [-0.1, -0.05) is 12.1 Å². The van der Waals surface area contributed by atoms with Crippen molar-refractivity contribution in [1.29, 1.82) is 0 Å². The molecule has 124 valence electrons. The maximum atomic E-state index is 11.9. The van der Waals surface area contributed by atoms with Gasteiger partial charge in [-0.25, -0.2) is 0 Å². The number of piperidine rings is 3. The number of nitrogens with zero attached hydrogens (tertiary/aromatic N) is 1. The number of piperazine rings is 1. The molecule has 0 radical (unpaired) electrons. The van der Waals surface area contributed by atoms with E-state index in [1.807, 2.05) is 12.1 Å². The van der Waals surface area contributed by atoms with Gasteiger partial charge in [0.25, 0.3) is 0 Å². The number of amides is 2. The molecule has 23 heavy (non-hydrogen) atoms. The monoisotopic (exact) mass is 335 g/mol. The van der Waals surface area contributed by atoms with Crippen LogP contribution in [0.2, 0.25) is 0 Å². The highest BCUT2D eigenvalue weighted by Crippen LogP contribution is 2.31. The largest absolute Gasteiger partial charge is 0.366 e. The van der Waals surface area contributed by atoms with Crippen molar-refractivity contribution >= 4 is 29.9 Å². The van der Waals surface area contributed by atoms with Gasteiger partial charge >= 0.3 is 0 Å². The fourth-order valence-electron chi connectivity index (χ4n) is 3.93. The second kappa shape index (κ2) is 6.49. The van der Waals surface area contributed by atoms with Gasteiger partial charge in [-0.3, -0.25) is 14.9 Å². The van der Waals surface area contributed by atoms with Crippen LogP contribution in [0, 0.1) is 0 Å². The molecule has 2 amide bonds. The maximum Gasteiger partial charge on any atom is 0.234 e. The molecule has 0 aliphatic carbocycles. The SMILES string of the molecule is Cl.O=C1CCC(c2ccc(N3CC4CCC3CN4)cc2)C(=O)N1. The van der Waals surface area contributed by atoms with Crippen molar-refractivity contribution in [3.05, 3.63) is 29.8 Å². The first-order chi connectivity index (χ1) is 10.7. The number of rotatable bonds is 2. The molecule has 5 nitrogen and oxygen atoms in total. The van der Waals surface area contributed by atoms with Crippen LogP contribution in [0.1, 0.15) is 37.2 Å². The van der Waals surface area contributed by atoms with Gasteiger partial charge in [-0.2, -0.15) is 0 Å². The summed E-state index contributed by atoms with van der Waals surface area (Å²) >= 11 is 0. The molecular formula is C17H22ClN3O2. The molecule has 2 bridgehead atoms. The van der Waals surface area contributed by atoms with Crippen molar-refractivity contribution in [2.75, 3.05) is 18.0 Å². The van der Waals surface area contributed by atoms with Crippen LogP contribution in [0.4, 0.5) is 5.69 Å². The molecule has 4 saturated heterocycles. The van der Waals surface area contributed by atoms with Gasteiger partial charge in [-0.05, 0) is 37.0 Å². The van der Waals surface area contributed by atoms with Crippen LogP contribution in [0.25, 0.3) is 0 Å². The van der Waals surface area contributed by atoms with E-state index in [0.29, 0.717) is 24.9 Å². The van der Waals surface area contributed by atoms with Gasteiger partial charge < -0.3 is 10.2 Å². The second-order valence-corrected chi connectivity index (χ2v) is 6.58. The number of nitrogens with one attached hydrogen (secondary N) is 2. The molecule has 0 spiro atoms. The highest BCUT2D eigenvalue weighted by atomic mass is 35.5. The Morgan fingerprint density at radius 1 is 1.04 bits per heavy atom. The quantitative estimate of drug-likeness (QED) is 0.805. The molecule has 4 aliphatic heterocycles. The number of benzene rings is 1. The normalized spacial score (nSPS) is 29.9. The van der Waals surface area contributed by atoms with Crippen molar-refractivity contribution in [2.24, 2.45) is 0 Å². The first kappa shape index (κ1) is 16.3. The Hall–Kier alpha value is -1.59. The summed E-state index contributed by atoms with van der Waals surface area (Å²) in [5, 5.41) is 6.00.